The molecule has 0 atom stereocenters. The van der Waals surface area contributed by atoms with Gasteiger partial charge in [0, 0.05) is 36.8 Å². The summed E-state index contributed by atoms with van der Waals surface area (Å²) in [4.78, 5) is 28.9. The molecule has 10 nitrogen and oxygen atoms in total. The van der Waals surface area contributed by atoms with Crippen molar-refractivity contribution in [2.45, 2.75) is 51.8 Å². The van der Waals surface area contributed by atoms with Gasteiger partial charge in [-0.2, -0.15) is 4.98 Å². The summed E-state index contributed by atoms with van der Waals surface area (Å²) in [5.74, 6) is 0.773. The number of nitro benzene ring substituents is 1. The molecule has 0 bridgehead atoms. The number of hydrogen-bond donors (Lipinski definition) is 1. The van der Waals surface area contributed by atoms with Crippen LogP contribution in [0.1, 0.15) is 39.5 Å². The summed E-state index contributed by atoms with van der Waals surface area (Å²) in [5, 5.41) is 17.8. The van der Waals surface area contributed by atoms with Crippen molar-refractivity contribution in [2.75, 3.05) is 13.1 Å². The maximum atomic E-state index is 11.9. The smallest absolute Gasteiger partial charge is 0.407 e. The summed E-state index contributed by atoms with van der Waals surface area (Å²) in [7, 11) is 0. The maximum Gasteiger partial charge on any atom is 0.407 e. The van der Waals surface area contributed by atoms with Crippen LogP contribution in [0, 0.1) is 10.1 Å². The summed E-state index contributed by atoms with van der Waals surface area (Å²) < 4.78 is 10.6. The van der Waals surface area contributed by atoms with E-state index in [-0.39, 0.29) is 11.7 Å². The normalized spacial score (nSPS) is 15.8. The lowest BCUT2D eigenvalue weighted by Gasteiger charge is -2.31. The van der Waals surface area contributed by atoms with Crippen molar-refractivity contribution in [3.8, 4) is 11.4 Å². The SMILES string of the molecule is CC(C)(C)OC(=O)NC1CCN(Cc2nc(-c3cccc([N+](=O)[O-])c3)no2)CC1. The molecule has 1 aliphatic rings. The van der Waals surface area contributed by atoms with Crippen LogP contribution in [0.3, 0.4) is 0 Å². The van der Waals surface area contributed by atoms with Crippen molar-refractivity contribution in [1.82, 2.24) is 20.4 Å². The lowest BCUT2D eigenvalue weighted by Crippen LogP contribution is -2.45. The molecule has 0 saturated carbocycles. The summed E-state index contributed by atoms with van der Waals surface area (Å²) in [6, 6.07) is 6.20. The number of alkyl carbamates (subject to hydrolysis) is 1. The Bertz CT molecular complexity index is 868. The Morgan fingerprint density at radius 1 is 1.38 bits per heavy atom. The molecule has 156 valence electrons. The Kier molecular flexibility index (Phi) is 6.12. The molecule has 1 aliphatic heterocycles. The zero-order valence-electron chi connectivity index (χ0n) is 16.8. The zero-order valence-corrected chi connectivity index (χ0v) is 16.8. The summed E-state index contributed by atoms with van der Waals surface area (Å²) in [6.07, 6.45) is 1.20. The molecular formula is C19H25N5O5. The molecule has 0 radical (unpaired) electrons. The number of aromatic nitrogens is 2. The van der Waals surface area contributed by atoms with E-state index in [1.54, 1.807) is 12.1 Å². The predicted molar refractivity (Wildman–Crippen MR) is 104 cm³/mol. The van der Waals surface area contributed by atoms with Crippen LogP contribution in [-0.4, -0.2) is 50.8 Å². The Balaban J connectivity index is 1.51. The molecule has 1 aromatic carbocycles. The second kappa shape index (κ2) is 8.56. The number of carbonyl (C=O) groups excluding carboxylic acids is 1. The van der Waals surface area contributed by atoms with Gasteiger partial charge in [-0.05, 0) is 33.6 Å². The van der Waals surface area contributed by atoms with E-state index >= 15 is 0 Å². The van der Waals surface area contributed by atoms with E-state index in [2.05, 4.69) is 20.4 Å². The number of hydrogen-bond acceptors (Lipinski definition) is 8. The molecule has 2 heterocycles. The number of ether oxygens (including phenoxy) is 1. The molecule has 1 amide bonds. The number of carbonyl (C=O) groups is 1. The third-order valence-corrected chi connectivity index (χ3v) is 4.45. The standard InChI is InChI=1S/C19H25N5O5/c1-19(2,3)28-18(25)20-14-7-9-23(10-8-14)12-16-21-17(22-29-16)13-5-4-6-15(11-13)24(26)27/h4-6,11,14H,7-10,12H2,1-3H3,(H,20,25). The Morgan fingerprint density at radius 3 is 2.76 bits per heavy atom. The highest BCUT2D eigenvalue weighted by Gasteiger charge is 2.24. The van der Waals surface area contributed by atoms with Gasteiger partial charge < -0.3 is 14.6 Å². The van der Waals surface area contributed by atoms with Crippen LogP contribution in [0.25, 0.3) is 11.4 Å². The lowest BCUT2D eigenvalue weighted by molar-refractivity contribution is -0.384. The molecule has 1 aromatic heterocycles. The summed E-state index contributed by atoms with van der Waals surface area (Å²) in [6.45, 7) is 7.54. The van der Waals surface area contributed by atoms with E-state index in [0.717, 1.165) is 25.9 Å². The molecule has 1 saturated heterocycles. The van der Waals surface area contributed by atoms with Crippen LogP contribution in [0.4, 0.5) is 10.5 Å². The van der Waals surface area contributed by atoms with Gasteiger partial charge in [-0.25, -0.2) is 4.79 Å². The summed E-state index contributed by atoms with van der Waals surface area (Å²) in [5.41, 5.74) is 0.00230. The van der Waals surface area contributed by atoms with E-state index in [0.29, 0.717) is 23.8 Å². The molecule has 1 N–H and O–H groups in total. The fraction of sp³-hybridized carbons (Fsp3) is 0.526. The summed E-state index contributed by atoms with van der Waals surface area (Å²) >= 11 is 0. The van der Waals surface area contributed by atoms with Crippen LogP contribution in [0.5, 0.6) is 0 Å². The van der Waals surface area contributed by atoms with Crippen molar-refractivity contribution in [1.29, 1.82) is 0 Å². The monoisotopic (exact) mass is 403 g/mol. The molecule has 0 spiro atoms. The van der Waals surface area contributed by atoms with Gasteiger partial charge in [0.25, 0.3) is 5.69 Å². The molecule has 0 unspecified atom stereocenters. The molecule has 10 heteroatoms. The average molecular weight is 403 g/mol. The molecule has 0 aliphatic carbocycles. The van der Waals surface area contributed by atoms with Gasteiger partial charge in [0.1, 0.15) is 5.60 Å². The minimum atomic E-state index is -0.514. The van der Waals surface area contributed by atoms with Crippen LogP contribution in [0.15, 0.2) is 28.8 Å². The molecule has 2 aromatic rings. The van der Waals surface area contributed by atoms with E-state index in [1.807, 2.05) is 20.8 Å². The highest BCUT2D eigenvalue weighted by molar-refractivity contribution is 5.68. The number of non-ortho nitro benzene ring substituents is 1. The Labute approximate surface area is 168 Å². The minimum Gasteiger partial charge on any atom is -0.444 e. The molecular weight excluding hydrogens is 378 g/mol. The fourth-order valence-electron chi connectivity index (χ4n) is 3.10. The largest absolute Gasteiger partial charge is 0.444 e. The first kappa shape index (κ1) is 20.7. The van der Waals surface area contributed by atoms with Crippen molar-refractivity contribution >= 4 is 11.8 Å². The van der Waals surface area contributed by atoms with E-state index in [1.165, 1.54) is 12.1 Å². The number of nitro groups is 1. The van der Waals surface area contributed by atoms with Crippen LogP contribution in [0.2, 0.25) is 0 Å². The molecule has 1 fully saturated rings. The van der Waals surface area contributed by atoms with E-state index < -0.39 is 16.6 Å². The Hall–Kier alpha value is -3.01. The third-order valence-electron chi connectivity index (χ3n) is 4.45. The van der Waals surface area contributed by atoms with Crippen LogP contribution < -0.4 is 5.32 Å². The highest BCUT2D eigenvalue weighted by atomic mass is 16.6. The minimum absolute atomic E-state index is 0.0200. The van der Waals surface area contributed by atoms with Gasteiger partial charge in [-0.15, -0.1) is 0 Å². The van der Waals surface area contributed by atoms with Gasteiger partial charge in [0.2, 0.25) is 11.7 Å². The quantitative estimate of drug-likeness (QED) is 0.596. The fourth-order valence-corrected chi connectivity index (χ4v) is 3.10. The topological polar surface area (TPSA) is 124 Å². The van der Waals surface area contributed by atoms with Crippen molar-refractivity contribution in [3.63, 3.8) is 0 Å². The average Bonchev–Trinajstić information content (AvgIpc) is 3.10. The highest BCUT2D eigenvalue weighted by Crippen LogP contribution is 2.22. The van der Waals surface area contributed by atoms with Gasteiger partial charge in [0.05, 0.1) is 11.5 Å². The number of piperidine rings is 1. The van der Waals surface area contributed by atoms with E-state index in [9.17, 15) is 14.9 Å². The molecule has 3 rings (SSSR count). The van der Waals surface area contributed by atoms with Crippen molar-refractivity contribution in [2.24, 2.45) is 0 Å². The van der Waals surface area contributed by atoms with Gasteiger partial charge >= 0.3 is 6.09 Å². The van der Waals surface area contributed by atoms with E-state index in [4.69, 9.17) is 9.26 Å². The first-order chi connectivity index (χ1) is 13.7. The number of nitrogens with one attached hydrogen (secondary N) is 1. The number of likely N-dealkylation sites (tertiary alicyclic amines) is 1. The van der Waals surface area contributed by atoms with Crippen LogP contribution >= 0.6 is 0 Å². The first-order valence-electron chi connectivity index (χ1n) is 9.49. The Morgan fingerprint density at radius 2 is 2.10 bits per heavy atom. The number of amides is 1. The van der Waals surface area contributed by atoms with Gasteiger partial charge in [0.15, 0.2) is 0 Å². The number of benzene rings is 1. The number of rotatable bonds is 5. The second-order valence-electron chi connectivity index (χ2n) is 8.02. The van der Waals surface area contributed by atoms with Crippen molar-refractivity contribution < 1.29 is 19.0 Å². The van der Waals surface area contributed by atoms with Gasteiger partial charge in [-0.1, -0.05) is 17.3 Å². The predicted octanol–water partition coefficient (Wildman–Crippen LogP) is 3.13. The third kappa shape index (κ3) is 5.98. The van der Waals surface area contributed by atoms with Crippen molar-refractivity contribution in [3.05, 3.63) is 40.3 Å². The van der Waals surface area contributed by atoms with Crippen LogP contribution in [-0.2, 0) is 11.3 Å². The number of nitrogens with zero attached hydrogens (tertiary/aromatic N) is 4. The van der Waals surface area contributed by atoms with Gasteiger partial charge in [-0.3, -0.25) is 15.0 Å². The second-order valence-corrected chi connectivity index (χ2v) is 8.02. The maximum absolute atomic E-state index is 11.9. The zero-order chi connectivity index (χ0) is 21.0. The lowest BCUT2D eigenvalue weighted by atomic mass is 10.1. The molecule has 29 heavy (non-hydrogen) atoms. The first-order valence-corrected chi connectivity index (χ1v) is 9.49.